The van der Waals surface area contributed by atoms with Crippen LogP contribution in [0, 0.1) is 0 Å². The molecule has 2 aliphatic heterocycles. The van der Waals surface area contributed by atoms with Gasteiger partial charge in [-0.1, -0.05) is 6.92 Å². The Labute approximate surface area is 231 Å². The number of likely N-dealkylation sites (tertiary alicyclic amines) is 2. The normalized spacial score (nSPS) is 19.2. The van der Waals surface area contributed by atoms with Crippen molar-refractivity contribution in [3.8, 4) is 10.4 Å². The van der Waals surface area contributed by atoms with Gasteiger partial charge < -0.3 is 15.1 Å². The van der Waals surface area contributed by atoms with Crippen LogP contribution < -0.4 is 5.32 Å². The van der Waals surface area contributed by atoms with Crippen molar-refractivity contribution in [3.05, 3.63) is 28.5 Å². The highest BCUT2D eigenvalue weighted by molar-refractivity contribution is 7.91. The lowest BCUT2D eigenvalue weighted by Crippen LogP contribution is -2.56. The molecule has 0 saturated carbocycles. The van der Waals surface area contributed by atoms with Gasteiger partial charge in [0.05, 0.1) is 10.1 Å². The predicted molar refractivity (Wildman–Crippen MR) is 138 cm³/mol. The highest BCUT2D eigenvalue weighted by Crippen LogP contribution is 2.40. The molecule has 0 radical (unpaired) electrons. The van der Waals surface area contributed by atoms with Crippen LogP contribution in [0.3, 0.4) is 0 Å². The van der Waals surface area contributed by atoms with Crippen LogP contribution in [0.4, 0.5) is 27.8 Å². The number of nitrogens with one attached hydrogen (secondary N) is 1. The summed E-state index contributed by atoms with van der Waals surface area (Å²) in [4.78, 5) is 37.4. The van der Waals surface area contributed by atoms with E-state index in [0.29, 0.717) is 17.9 Å². The van der Waals surface area contributed by atoms with Crippen LogP contribution >= 0.6 is 11.3 Å². The fraction of sp³-hybridized carbons (Fsp3) is 0.583. The van der Waals surface area contributed by atoms with Gasteiger partial charge in [0.1, 0.15) is 17.6 Å². The third-order valence-electron chi connectivity index (χ3n) is 7.11. The Kier molecular flexibility index (Phi) is 8.41. The van der Waals surface area contributed by atoms with Crippen molar-refractivity contribution in [2.45, 2.75) is 63.0 Å². The Bertz CT molecular complexity index is 1390. The van der Waals surface area contributed by atoms with Crippen molar-refractivity contribution < 1.29 is 40.0 Å². The molecule has 1 N–H and O–H groups in total. The Hall–Kier alpha value is -2.88. The number of pyridine rings is 1. The first-order valence-electron chi connectivity index (χ1n) is 12.5. The summed E-state index contributed by atoms with van der Waals surface area (Å²) in [7, 11) is -3.37. The fourth-order valence-corrected chi connectivity index (χ4v) is 6.59. The molecule has 2 aromatic heterocycles. The lowest BCUT2D eigenvalue weighted by atomic mass is 10.1. The van der Waals surface area contributed by atoms with Gasteiger partial charge >= 0.3 is 6.18 Å². The van der Waals surface area contributed by atoms with E-state index < -0.39 is 56.9 Å². The molecule has 4 heterocycles. The molecule has 4 rings (SSSR count). The van der Waals surface area contributed by atoms with Gasteiger partial charge in [0.15, 0.2) is 14.8 Å². The van der Waals surface area contributed by atoms with E-state index >= 15 is 0 Å². The maximum Gasteiger partial charge on any atom is 0.408 e. The van der Waals surface area contributed by atoms with Gasteiger partial charge in [-0.25, -0.2) is 27.2 Å². The number of hydrogen-bond acceptors (Lipinski definition) is 8. The highest BCUT2D eigenvalue weighted by atomic mass is 32.2. The molecule has 0 spiro atoms. The molecule has 0 bridgehead atoms. The Morgan fingerprint density at radius 1 is 1.23 bits per heavy atom. The maximum absolute atomic E-state index is 14.2. The highest BCUT2D eigenvalue weighted by Gasteiger charge is 2.41. The van der Waals surface area contributed by atoms with Crippen molar-refractivity contribution in [2.75, 3.05) is 31.2 Å². The smallest absolute Gasteiger partial charge is 0.359 e. The first-order chi connectivity index (χ1) is 18.6. The van der Waals surface area contributed by atoms with Crippen LogP contribution in [0.5, 0.6) is 0 Å². The van der Waals surface area contributed by atoms with Crippen LogP contribution in [0.25, 0.3) is 10.4 Å². The number of halogens is 5. The number of aromatic nitrogens is 2. The standard InChI is InChI=1S/C24H28F5N5O4S2/c1-4-16(24(27,28)29)31-17-8-14(20(25)26)15(9-30-17)19-18(22(35)34-7-5-6-12(34)2)32-21(39-19)23(36)33-10-13(11-33)40(3,37)38/h8-9,12-13,16,20H,4-7,10-11H2,1-3H3,(H,30,31)/t12-,16-/m0/s1. The molecule has 0 unspecified atom stereocenters. The average molecular weight is 610 g/mol. The molecule has 9 nitrogen and oxygen atoms in total. The molecular formula is C24H28F5N5O4S2. The molecule has 2 atom stereocenters. The van der Waals surface area contributed by atoms with E-state index in [1.54, 1.807) is 0 Å². The van der Waals surface area contributed by atoms with E-state index in [4.69, 9.17) is 0 Å². The second-order valence-corrected chi connectivity index (χ2v) is 13.3. The number of nitrogens with zero attached hydrogens (tertiary/aromatic N) is 4. The summed E-state index contributed by atoms with van der Waals surface area (Å²) >= 11 is 0.682. The van der Waals surface area contributed by atoms with Gasteiger partial charge in [0, 0.05) is 49.3 Å². The number of alkyl halides is 5. The van der Waals surface area contributed by atoms with Gasteiger partial charge in [-0.2, -0.15) is 13.2 Å². The molecule has 16 heteroatoms. The summed E-state index contributed by atoms with van der Waals surface area (Å²) in [5.41, 5.74) is -1.15. The van der Waals surface area contributed by atoms with Gasteiger partial charge in [0.25, 0.3) is 18.2 Å². The first-order valence-corrected chi connectivity index (χ1v) is 15.3. The number of anilines is 1. The van der Waals surface area contributed by atoms with Crippen molar-refractivity contribution in [1.82, 2.24) is 19.8 Å². The van der Waals surface area contributed by atoms with Gasteiger partial charge in [-0.05, 0) is 32.3 Å². The Morgan fingerprint density at radius 2 is 1.90 bits per heavy atom. The lowest BCUT2D eigenvalue weighted by molar-refractivity contribution is -0.142. The molecule has 0 aliphatic carbocycles. The SMILES string of the molecule is CC[C@H](Nc1cc(C(F)F)c(-c2sc(C(=O)N3CC(S(C)(=O)=O)C3)nc2C(=O)N2CCC[C@@H]2C)cn1)C(F)(F)F. The summed E-state index contributed by atoms with van der Waals surface area (Å²) in [6.45, 7) is 3.38. The van der Waals surface area contributed by atoms with Gasteiger partial charge in [-0.15, -0.1) is 11.3 Å². The summed E-state index contributed by atoms with van der Waals surface area (Å²) < 4.78 is 91.7. The number of thiazole rings is 1. The van der Waals surface area contributed by atoms with E-state index in [2.05, 4.69) is 15.3 Å². The van der Waals surface area contributed by atoms with Crippen LogP contribution in [0.1, 0.15) is 65.4 Å². The van der Waals surface area contributed by atoms with Crippen LogP contribution in [0.2, 0.25) is 0 Å². The summed E-state index contributed by atoms with van der Waals surface area (Å²) in [6.07, 6.45) is -4.69. The van der Waals surface area contributed by atoms with E-state index in [1.807, 2.05) is 6.92 Å². The van der Waals surface area contributed by atoms with E-state index in [9.17, 15) is 40.0 Å². The second-order valence-electron chi connectivity index (χ2n) is 9.95. The number of hydrogen-bond donors (Lipinski definition) is 1. The molecule has 0 aromatic carbocycles. The minimum Gasteiger partial charge on any atom is -0.359 e. The second kappa shape index (κ2) is 11.2. The molecule has 2 saturated heterocycles. The molecule has 2 amide bonds. The van der Waals surface area contributed by atoms with Crippen LogP contribution in [0.15, 0.2) is 12.3 Å². The molecule has 220 valence electrons. The molecule has 2 fully saturated rings. The quantitative estimate of drug-likeness (QED) is 0.442. The van der Waals surface area contributed by atoms with Gasteiger partial charge in [-0.3, -0.25) is 9.59 Å². The third kappa shape index (κ3) is 6.06. The number of carbonyl (C=O) groups excluding carboxylic acids is 2. The van der Waals surface area contributed by atoms with Crippen molar-refractivity contribution >= 4 is 38.8 Å². The zero-order chi connectivity index (χ0) is 29.6. The monoisotopic (exact) mass is 609 g/mol. The van der Waals surface area contributed by atoms with Crippen LogP contribution in [-0.4, -0.2) is 89.4 Å². The molecule has 40 heavy (non-hydrogen) atoms. The minimum absolute atomic E-state index is 0.0650. The molecule has 2 aromatic rings. The topological polar surface area (TPSA) is 113 Å². The Balaban J connectivity index is 1.75. The van der Waals surface area contributed by atoms with E-state index in [0.717, 1.165) is 31.4 Å². The number of rotatable bonds is 8. The van der Waals surface area contributed by atoms with Crippen molar-refractivity contribution in [2.24, 2.45) is 0 Å². The largest absolute Gasteiger partial charge is 0.408 e. The van der Waals surface area contributed by atoms with E-state index in [1.165, 1.54) is 16.7 Å². The minimum atomic E-state index is -4.63. The van der Waals surface area contributed by atoms with Gasteiger partial charge in [0.2, 0.25) is 0 Å². The molecule has 2 aliphatic rings. The lowest BCUT2D eigenvalue weighted by Gasteiger charge is -2.37. The number of amides is 2. The molecular weight excluding hydrogens is 581 g/mol. The van der Waals surface area contributed by atoms with Crippen LogP contribution in [-0.2, 0) is 9.84 Å². The zero-order valence-corrected chi connectivity index (χ0v) is 23.5. The number of sulfone groups is 1. The average Bonchev–Trinajstić information content (AvgIpc) is 3.46. The third-order valence-corrected chi connectivity index (χ3v) is 9.69. The summed E-state index contributed by atoms with van der Waals surface area (Å²) in [5.74, 6) is -1.64. The van der Waals surface area contributed by atoms with Crippen molar-refractivity contribution in [1.29, 1.82) is 0 Å². The summed E-state index contributed by atoms with van der Waals surface area (Å²) in [5, 5.41) is 1.21. The van der Waals surface area contributed by atoms with Crippen molar-refractivity contribution in [3.63, 3.8) is 0 Å². The fourth-order valence-electron chi connectivity index (χ4n) is 4.63. The summed E-state index contributed by atoms with van der Waals surface area (Å²) in [6, 6.07) is -1.36. The zero-order valence-electron chi connectivity index (χ0n) is 21.8. The Morgan fingerprint density at radius 3 is 2.42 bits per heavy atom. The van der Waals surface area contributed by atoms with E-state index in [-0.39, 0.29) is 46.7 Å². The maximum atomic E-state index is 14.2. The first kappa shape index (κ1) is 30.1. The predicted octanol–water partition coefficient (Wildman–Crippen LogP) is 4.39. The number of carbonyl (C=O) groups is 2.